The van der Waals surface area contributed by atoms with Crippen LogP contribution in [0.15, 0.2) is 54.6 Å². The molecule has 4 nitrogen and oxygen atoms in total. The molecule has 0 spiro atoms. The Balaban J connectivity index is 0.00000225. The Morgan fingerprint density at radius 1 is 0.857 bits per heavy atom. The molecule has 4 rings (SSSR count). The summed E-state index contributed by atoms with van der Waals surface area (Å²) in [6.45, 7) is 0. The van der Waals surface area contributed by atoms with Crippen molar-refractivity contribution in [3.63, 3.8) is 0 Å². The first-order chi connectivity index (χ1) is 13.1. The van der Waals surface area contributed by atoms with Crippen LogP contribution in [0, 0.1) is 11.8 Å². The second-order valence-electron chi connectivity index (χ2n) is 7.92. The predicted molar refractivity (Wildman–Crippen MR) is 113 cm³/mol. The van der Waals surface area contributed by atoms with Gasteiger partial charge in [-0.3, -0.25) is 9.59 Å². The molecule has 28 heavy (non-hydrogen) atoms. The zero-order valence-corrected chi connectivity index (χ0v) is 16.7. The molecular formula is C23H27ClN2O2. The molecule has 2 aliphatic rings. The Hall–Kier alpha value is -2.17. The van der Waals surface area contributed by atoms with E-state index in [1.165, 1.54) is 6.42 Å². The first kappa shape index (κ1) is 20.6. The number of hydrogen-bond donors (Lipinski definition) is 2. The van der Waals surface area contributed by atoms with Gasteiger partial charge in [-0.25, -0.2) is 0 Å². The van der Waals surface area contributed by atoms with Gasteiger partial charge in [0.1, 0.15) is 0 Å². The molecule has 148 valence electrons. The summed E-state index contributed by atoms with van der Waals surface area (Å²) in [5.74, 6) is 0.640. The lowest BCUT2D eigenvalue weighted by molar-refractivity contribution is 0.0753. The highest BCUT2D eigenvalue weighted by molar-refractivity contribution is 6.15. The van der Waals surface area contributed by atoms with Crippen LogP contribution in [0.25, 0.3) is 0 Å². The molecule has 1 amide bonds. The SMILES string of the molecule is Cl.NC1CC2CCCC(C1)C2NC(=O)c1ccccc1C(=O)c1ccccc1. The fraction of sp³-hybridized carbons (Fsp3) is 0.391. The van der Waals surface area contributed by atoms with E-state index in [4.69, 9.17) is 5.73 Å². The van der Waals surface area contributed by atoms with Gasteiger partial charge in [-0.1, -0.05) is 55.0 Å². The van der Waals surface area contributed by atoms with Crippen LogP contribution < -0.4 is 11.1 Å². The molecule has 2 saturated carbocycles. The molecular weight excluding hydrogens is 372 g/mol. The van der Waals surface area contributed by atoms with Gasteiger partial charge >= 0.3 is 0 Å². The highest BCUT2D eigenvalue weighted by Gasteiger charge is 2.40. The summed E-state index contributed by atoms with van der Waals surface area (Å²) in [7, 11) is 0. The van der Waals surface area contributed by atoms with Crippen molar-refractivity contribution in [2.75, 3.05) is 0 Å². The monoisotopic (exact) mass is 398 g/mol. The number of hydrogen-bond acceptors (Lipinski definition) is 3. The van der Waals surface area contributed by atoms with Crippen molar-refractivity contribution in [3.8, 4) is 0 Å². The third-order valence-electron chi connectivity index (χ3n) is 6.13. The predicted octanol–water partition coefficient (Wildman–Crippen LogP) is 3.98. The highest BCUT2D eigenvalue weighted by atomic mass is 35.5. The van der Waals surface area contributed by atoms with E-state index >= 15 is 0 Å². The summed E-state index contributed by atoms with van der Waals surface area (Å²) in [4.78, 5) is 26.0. The van der Waals surface area contributed by atoms with Crippen LogP contribution >= 0.6 is 12.4 Å². The summed E-state index contributed by atoms with van der Waals surface area (Å²) in [6.07, 6.45) is 5.43. The van der Waals surface area contributed by atoms with Crippen molar-refractivity contribution >= 4 is 24.1 Å². The fourth-order valence-electron chi connectivity index (χ4n) is 4.88. The van der Waals surface area contributed by atoms with Crippen LogP contribution in [0.1, 0.15) is 58.4 Å². The Morgan fingerprint density at radius 2 is 1.43 bits per heavy atom. The Bertz CT molecular complexity index is 826. The summed E-state index contributed by atoms with van der Waals surface area (Å²) in [6, 6.07) is 16.6. The van der Waals surface area contributed by atoms with Crippen LogP contribution in [-0.4, -0.2) is 23.8 Å². The van der Waals surface area contributed by atoms with E-state index in [-0.39, 0.29) is 36.2 Å². The van der Waals surface area contributed by atoms with Crippen molar-refractivity contribution < 1.29 is 9.59 Å². The molecule has 2 aliphatic carbocycles. The topological polar surface area (TPSA) is 72.2 Å². The highest BCUT2D eigenvalue weighted by Crippen LogP contribution is 2.39. The molecule has 2 bridgehead atoms. The molecule has 0 aromatic heterocycles. The van der Waals surface area contributed by atoms with Crippen molar-refractivity contribution in [3.05, 3.63) is 71.3 Å². The van der Waals surface area contributed by atoms with Crippen LogP contribution in [0.4, 0.5) is 0 Å². The minimum Gasteiger partial charge on any atom is -0.349 e. The van der Waals surface area contributed by atoms with E-state index < -0.39 is 0 Å². The number of fused-ring (bicyclic) bond motifs is 2. The molecule has 0 radical (unpaired) electrons. The van der Waals surface area contributed by atoms with Crippen LogP contribution in [-0.2, 0) is 0 Å². The molecule has 0 heterocycles. The van der Waals surface area contributed by atoms with Gasteiger partial charge in [-0.2, -0.15) is 0 Å². The Labute approximate surface area is 172 Å². The van der Waals surface area contributed by atoms with Crippen LogP contribution in [0.2, 0.25) is 0 Å². The van der Waals surface area contributed by atoms with Crippen molar-refractivity contribution in [2.24, 2.45) is 17.6 Å². The smallest absolute Gasteiger partial charge is 0.252 e. The molecule has 5 heteroatoms. The summed E-state index contributed by atoms with van der Waals surface area (Å²) in [5, 5.41) is 3.26. The van der Waals surface area contributed by atoms with Gasteiger partial charge in [0.15, 0.2) is 5.78 Å². The Kier molecular flexibility index (Phi) is 6.53. The van der Waals surface area contributed by atoms with E-state index in [0.29, 0.717) is 28.5 Å². The number of benzene rings is 2. The second-order valence-corrected chi connectivity index (χ2v) is 7.92. The van der Waals surface area contributed by atoms with E-state index in [1.807, 2.05) is 24.3 Å². The lowest BCUT2D eigenvalue weighted by Gasteiger charge is -2.45. The minimum atomic E-state index is -0.146. The maximum Gasteiger partial charge on any atom is 0.252 e. The lowest BCUT2D eigenvalue weighted by atomic mass is 9.67. The normalized spacial score (nSPS) is 26.0. The van der Waals surface area contributed by atoms with Crippen molar-refractivity contribution in [1.29, 1.82) is 0 Å². The van der Waals surface area contributed by atoms with Crippen LogP contribution in [0.3, 0.4) is 0 Å². The standard InChI is InChI=1S/C23H26N2O2.ClH/c24-18-13-16-9-6-10-17(14-18)21(16)25-23(27)20-12-5-4-11-19(20)22(26)15-7-2-1-3-8-15;/h1-5,7-8,11-12,16-18,21H,6,9-10,13-14,24H2,(H,25,27);1H. The van der Waals surface area contributed by atoms with E-state index in [2.05, 4.69) is 5.32 Å². The minimum absolute atomic E-state index is 0. The molecule has 0 saturated heterocycles. The fourth-order valence-corrected chi connectivity index (χ4v) is 4.88. The number of ketones is 1. The van der Waals surface area contributed by atoms with E-state index in [9.17, 15) is 9.59 Å². The zero-order valence-electron chi connectivity index (χ0n) is 15.8. The Morgan fingerprint density at radius 3 is 2.07 bits per heavy atom. The van der Waals surface area contributed by atoms with Gasteiger partial charge in [0.05, 0.1) is 5.56 Å². The van der Waals surface area contributed by atoms with E-state index in [0.717, 1.165) is 25.7 Å². The van der Waals surface area contributed by atoms with Crippen molar-refractivity contribution in [2.45, 2.75) is 44.2 Å². The molecule has 3 N–H and O–H groups in total. The number of nitrogens with two attached hydrogens (primary N) is 1. The summed E-state index contributed by atoms with van der Waals surface area (Å²) < 4.78 is 0. The molecule has 0 aliphatic heterocycles. The average Bonchev–Trinajstić information content (AvgIpc) is 2.69. The number of amides is 1. The van der Waals surface area contributed by atoms with Gasteiger partial charge in [-0.05, 0) is 43.6 Å². The van der Waals surface area contributed by atoms with Gasteiger partial charge < -0.3 is 11.1 Å². The number of carbonyl (C=O) groups is 2. The van der Waals surface area contributed by atoms with Gasteiger partial charge in [0.25, 0.3) is 5.91 Å². The number of nitrogens with one attached hydrogen (secondary N) is 1. The second kappa shape index (κ2) is 8.89. The van der Waals surface area contributed by atoms with Gasteiger partial charge in [0, 0.05) is 23.2 Å². The maximum absolute atomic E-state index is 13.1. The molecule has 2 atom stereocenters. The first-order valence-corrected chi connectivity index (χ1v) is 9.88. The zero-order chi connectivity index (χ0) is 18.8. The molecule has 2 aromatic rings. The molecule has 2 aromatic carbocycles. The molecule has 2 unspecified atom stereocenters. The first-order valence-electron chi connectivity index (χ1n) is 9.88. The lowest BCUT2D eigenvalue weighted by Crippen LogP contribution is -2.53. The third kappa shape index (κ3) is 4.13. The third-order valence-corrected chi connectivity index (χ3v) is 6.13. The molecule has 2 fully saturated rings. The maximum atomic E-state index is 13.1. The van der Waals surface area contributed by atoms with Gasteiger partial charge in [-0.15, -0.1) is 12.4 Å². The number of halogens is 1. The van der Waals surface area contributed by atoms with Gasteiger partial charge in [0.2, 0.25) is 0 Å². The summed E-state index contributed by atoms with van der Waals surface area (Å²) >= 11 is 0. The quantitative estimate of drug-likeness (QED) is 0.765. The average molecular weight is 399 g/mol. The number of carbonyl (C=O) groups excluding carboxylic acids is 2. The number of rotatable bonds is 4. The largest absolute Gasteiger partial charge is 0.349 e. The van der Waals surface area contributed by atoms with Crippen molar-refractivity contribution in [1.82, 2.24) is 5.32 Å². The summed E-state index contributed by atoms with van der Waals surface area (Å²) in [5.41, 5.74) is 7.71. The van der Waals surface area contributed by atoms with Crippen LogP contribution in [0.5, 0.6) is 0 Å². The van der Waals surface area contributed by atoms with E-state index in [1.54, 1.807) is 30.3 Å².